The van der Waals surface area contributed by atoms with E-state index in [4.69, 9.17) is 18.5 Å². The van der Waals surface area contributed by atoms with E-state index in [-0.39, 0.29) is 25.8 Å². The molecule has 0 N–H and O–H groups in total. The van der Waals surface area contributed by atoms with Gasteiger partial charge in [0, 0.05) is 6.42 Å². The number of hydrogen-bond acceptors (Lipinski definition) is 7. The lowest BCUT2D eigenvalue weighted by atomic mass is 10.0. The molecule has 0 aromatic heterocycles. The van der Waals surface area contributed by atoms with Crippen molar-refractivity contribution in [2.75, 3.05) is 47.5 Å². The molecule has 0 heterocycles. The molecule has 326 valence electrons. The van der Waals surface area contributed by atoms with Gasteiger partial charge in [0.15, 0.2) is 6.10 Å². The number of unbranched alkanes of at least 4 members (excludes halogenated alkanes) is 27. The molecular weight excluding hydrogens is 709 g/mol. The smallest absolute Gasteiger partial charge is 0.306 e. The fraction of sp³-hybridized carbons (Fsp3) is 0.891. The Kier molecular flexibility index (Phi) is 38.8. The van der Waals surface area contributed by atoms with Gasteiger partial charge in [0.1, 0.15) is 19.8 Å². The largest absolute Gasteiger partial charge is 0.756 e. The van der Waals surface area contributed by atoms with Gasteiger partial charge in [0.05, 0.1) is 34.0 Å². The van der Waals surface area contributed by atoms with Gasteiger partial charge in [-0.15, -0.1) is 0 Å². The number of quaternary nitrogens is 1. The Hall–Kier alpha value is -1.18. The highest BCUT2D eigenvalue weighted by Crippen LogP contribution is 2.38. The fourth-order valence-electron chi connectivity index (χ4n) is 6.45. The van der Waals surface area contributed by atoms with Crippen LogP contribution in [0.1, 0.15) is 213 Å². The molecule has 0 rings (SSSR count). The van der Waals surface area contributed by atoms with Crippen LogP contribution in [0.5, 0.6) is 0 Å². The average Bonchev–Trinajstić information content (AvgIpc) is 3.13. The summed E-state index contributed by atoms with van der Waals surface area (Å²) in [7, 11) is 1.33. The van der Waals surface area contributed by atoms with Crippen LogP contribution in [-0.4, -0.2) is 64.1 Å². The summed E-state index contributed by atoms with van der Waals surface area (Å²) in [6, 6.07) is 0. The molecule has 9 heteroatoms. The number of carbonyl (C=O) groups excluding carboxylic acids is 1. The van der Waals surface area contributed by atoms with Gasteiger partial charge in [-0.2, -0.15) is 0 Å². The summed E-state index contributed by atoms with van der Waals surface area (Å²) < 4.78 is 34.4. The molecule has 0 aliphatic carbocycles. The van der Waals surface area contributed by atoms with Gasteiger partial charge in [-0.05, 0) is 51.0 Å². The van der Waals surface area contributed by atoms with E-state index in [1.54, 1.807) is 6.26 Å². The molecule has 2 atom stereocenters. The molecule has 0 saturated carbocycles. The highest BCUT2D eigenvalue weighted by molar-refractivity contribution is 7.45. The number of phosphoric ester groups is 1. The second-order valence-electron chi connectivity index (χ2n) is 16.8. The van der Waals surface area contributed by atoms with Crippen molar-refractivity contribution in [3.63, 3.8) is 0 Å². The molecule has 0 spiro atoms. The summed E-state index contributed by atoms with van der Waals surface area (Å²) in [4.78, 5) is 25.0. The quantitative estimate of drug-likeness (QED) is 0.0151. The summed E-state index contributed by atoms with van der Waals surface area (Å²) >= 11 is 0. The number of carbonyl (C=O) groups is 1. The topological polar surface area (TPSA) is 94.1 Å². The highest BCUT2D eigenvalue weighted by Gasteiger charge is 2.20. The molecule has 0 saturated heterocycles. The van der Waals surface area contributed by atoms with Gasteiger partial charge in [0.2, 0.25) is 0 Å². The first kappa shape index (κ1) is 53.8. The van der Waals surface area contributed by atoms with Crippen LogP contribution < -0.4 is 4.89 Å². The second kappa shape index (κ2) is 39.6. The summed E-state index contributed by atoms with van der Waals surface area (Å²) in [6.07, 6.45) is 45.7. The molecule has 8 nitrogen and oxygen atoms in total. The van der Waals surface area contributed by atoms with Crippen molar-refractivity contribution >= 4 is 13.8 Å². The zero-order chi connectivity index (χ0) is 40.6. The number of likely N-dealkylation sites (N-methyl/N-ethyl adjacent to an activating group) is 1. The maximum absolute atomic E-state index is 12.7. The van der Waals surface area contributed by atoms with E-state index in [9.17, 15) is 14.3 Å². The van der Waals surface area contributed by atoms with E-state index in [2.05, 4.69) is 26.0 Å². The minimum atomic E-state index is -4.54. The van der Waals surface area contributed by atoms with Crippen molar-refractivity contribution < 1.29 is 37.3 Å². The van der Waals surface area contributed by atoms with Crippen LogP contribution >= 0.6 is 7.82 Å². The Balaban J connectivity index is 4.22. The molecule has 0 aliphatic heterocycles. The van der Waals surface area contributed by atoms with Crippen molar-refractivity contribution in [3.05, 3.63) is 24.5 Å². The van der Waals surface area contributed by atoms with Gasteiger partial charge >= 0.3 is 5.97 Å². The van der Waals surface area contributed by atoms with Gasteiger partial charge in [-0.3, -0.25) is 9.36 Å². The maximum Gasteiger partial charge on any atom is 0.306 e. The summed E-state index contributed by atoms with van der Waals surface area (Å²) in [6.45, 7) is 4.75. The summed E-state index contributed by atoms with van der Waals surface area (Å²) in [5.74, 6) is -0.356. The minimum absolute atomic E-state index is 0.0179. The second-order valence-corrected chi connectivity index (χ2v) is 18.2. The first-order valence-electron chi connectivity index (χ1n) is 23.1. The first-order valence-corrected chi connectivity index (χ1v) is 24.6. The van der Waals surface area contributed by atoms with Crippen LogP contribution in [0.4, 0.5) is 0 Å². The Morgan fingerprint density at radius 2 is 0.964 bits per heavy atom. The van der Waals surface area contributed by atoms with Gasteiger partial charge in [-0.1, -0.05) is 174 Å². The van der Waals surface area contributed by atoms with Gasteiger partial charge < -0.3 is 27.9 Å². The standard InChI is InChI=1S/C46H90NO7P/c1-6-8-10-12-14-16-18-20-22-23-24-25-26-27-29-31-33-35-37-39-46(48)54-45(44-53-55(49,50)52-42-40-47(3,4)5)43-51-41-38-36-34-32-30-28-21-19-17-15-13-11-9-7-2/h20,22,38,41,45H,6-19,21,23-37,39-40,42-44H2,1-5H3/b22-20+,41-38+/t45-/m1/s1. The lowest BCUT2D eigenvalue weighted by Crippen LogP contribution is -2.37. The number of phosphoric acid groups is 1. The van der Waals surface area contributed by atoms with Crippen LogP contribution in [0.3, 0.4) is 0 Å². The molecule has 1 unspecified atom stereocenters. The monoisotopic (exact) mass is 800 g/mol. The van der Waals surface area contributed by atoms with Gasteiger partial charge in [-0.25, -0.2) is 0 Å². The minimum Gasteiger partial charge on any atom is -0.756 e. The van der Waals surface area contributed by atoms with Crippen molar-refractivity contribution in [2.45, 2.75) is 219 Å². The van der Waals surface area contributed by atoms with E-state index in [0.29, 0.717) is 17.4 Å². The molecule has 0 aliphatic rings. The van der Waals surface area contributed by atoms with Gasteiger partial charge in [0.25, 0.3) is 7.82 Å². The predicted molar refractivity (Wildman–Crippen MR) is 231 cm³/mol. The van der Waals surface area contributed by atoms with Crippen molar-refractivity contribution in [2.24, 2.45) is 0 Å². The maximum atomic E-state index is 12.7. The molecule has 0 aromatic carbocycles. The van der Waals surface area contributed by atoms with E-state index >= 15 is 0 Å². The van der Waals surface area contributed by atoms with Crippen LogP contribution in [-0.2, 0) is 27.9 Å². The molecule has 0 fully saturated rings. The van der Waals surface area contributed by atoms with Crippen molar-refractivity contribution in [1.29, 1.82) is 0 Å². The van der Waals surface area contributed by atoms with Crippen molar-refractivity contribution in [1.82, 2.24) is 0 Å². The average molecular weight is 800 g/mol. The van der Waals surface area contributed by atoms with Crippen LogP contribution in [0.25, 0.3) is 0 Å². The third-order valence-corrected chi connectivity index (χ3v) is 11.0. The lowest BCUT2D eigenvalue weighted by Gasteiger charge is -2.28. The number of rotatable bonds is 43. The highest BCUT2D eigenvalue weighted by atomic mass is 31.2. The predicted octanol–water partition coefficient (Wildman–Crippen LogP) is 13.3. The third kappa shape index (κ3) is 43.8. The van der Waals surface area contributed by atoms with Crippen LogP contribution in [0, 0.1) is 0 Å². The van der Waals surface area contributed by atoms with Crippen LogP contribution in [0.2, 0.25) is 0 Å². The molecular formula is C46H90NO7P. The molecule has 0 aromatic rings. The zero-order valence-electron chi connectivity index (χ0n) is 36.9. The van der Waals surface area contributed by atoms with Crippen LogP contribution in [0.15, 0.2) is 24.5 Å². The van der Waals surface area contributed by atoms with E-state index in [0.717, 1.165) is 32.1 Å². The van der Waals surface area contributed by atoms with E-state index < -0.39 is 13.9 Å². The number of esters is 1. The number of nitrogens with zero attached hydrogens (tertiary/aromatic N) is 1. The lowest BCUT2D eigenvalue weighted by molar-refractivity contribution is -0.870. The Morgan fingerprint density at radius 1 is 0.564 bits per heavy atom. The zero-order valence-corrected chi connectivity index (χ0v) is 37.8. The summed E-state index contributed by atoms with van der Waals surface area (Å²) in [5, 5.41) is 0. The normalized spacial score (nSPS) is 13.9. The number of hydrogen-bond donors (Lipinski definition) is 0. The molecule has 0 amide bonds. The Morgan fingerprint density at radius 3 is 1.40 bits per heavy atom. The molecule has 0 bridgehead atoms. The number of allylic oxidation sites excluding steroid dienone is 3. The Labute approximate surface area is 341 Å². The third-order valence-electron chi connectivity index (χ3n) is 10.1. The van der Waals surface area contributed by atoms with E-state index in [1.165, 1.54) is 161 Å². The summed E-state index contributed by atoms with van der Waals surface area (Å²) in [5.41, 5.74) is 0. The fourth-order valence-corrected chi connectivity index (χ4v) is 7.18. The van der Waals surface area contributed by atoms with Crippen molar-refractivity contribution in [3.8, 4) is 0 Å². The van der Waals surface area contributed by atoms with E-state index in [1.807, 2.05) is 27.2 Å². The number of ether oxygens (including phenoxy) is 2. The SMILES string of the molecule is CCCCCCCC/C=C/CCCCCCCCCCCC(=O)O[C@H](CO/C=C/CCCCCCCCCCCCCC)COP(=O)([O-])OCC[N+](C)(C)C. The Bertz CT molecular complexity index is 936. The molecule has 0 radical (unpaired) electrons. The first-order chi connectivity index (χ1) is 26.6. The molecule has 55 heavy (non-hydrogen) atoms.